The Balaban J connectivity index is 2.67. The van der Waals surface area contributed by atoms with Crippen molar-refractivity contribution in [3.8, 4) is 0 Å². The fraction of sp³-hybridized carbons (Fsp3) is 1.00. The lowest BCUT2D eigenvalue weighted by molar-refractivity contribution is -0.0371. The summed E-state index contributed by atoms with van der Waals surface area (Å²) in [6.07, 6.45) is -2.36. The van der Waals surface area contributed by atoms with Gasteiger partial charge in [-0.2, -0.15) is 0 Å². The Morgan fingerprint density at radius 1 is 1.37 bits per heavy atom. The second-order valence-electron chi connectivity index (χ2n) is 4.81. The molecule has 0 amide bonds. The summed E-state index contributed by atoms with van der Waals surface area (Å²) in [6, 6.07) is -0.190. The highest BCUT2D eigenvalue weighted by Crippen LogP contribution is 2.58. The smallest absolute Gasteiger partial charge is 0.390 e. The monoisotopic (exact) mass is 316 g/mol. The van der Waals surface area contributed by atoms with Crippen LogP contribution in [0.5, 0.6) is 0 Å². The average Bonchev–Trinajstić information content (AvgIpc) is 2.41. The fourth-order valence-corrected chi connectivity index (χ4v) is 4.42. The van der Waals surface area contributed by atoms with Gasteiger partial charge in [0.25, 0.3) is 0 Å². The van der Waals surface area contributed by atoms with Gasteiger partial charge in [-0.15, -0.1) is 0 Å². The second kappa shape index (κ2) is 5.96. The van der Waals surface area contributed by atoms with Crippen molar-refractivity contribution in [3.05, 3.63) is 0 Å². The molecule has 0 aromatic heterocycles. The summed E-state index contributed by atoms with van der Waals surface area (Å²) >= 11 is 0. The van der Waals surface area contributed by atoms with Crippen molar-refractivity contribution in [1.29, 1.82) is 0 Å². The van der Waals surface area contributed by atoms with Crippen LogP contribution in [-0.4, -0.2) is 53.7 Å². The lowest BCUT2D eigenvalue weighted by Gasteiger charge is -2.25. The topological polar surface area (TPSA) is 123 Å². The van der Waals surface area contributed by atoms with E-state index in [0.29, 0.717) is 0 Å². The zero-order valence-corrected chi connectivity index (χ0v) is 13.0. The van der Waals surface area contributed by atoms with Gasteiger partial charge in [-0.25, -0.2) is 8.88 Å². The number of ether oxygens (including phenoxy) is 1. The molecule has 8 nitrogen and oxygen atoms in total. The van der Waals surface area contributed by atoms with Crippen LogP contribution in [0.25, 0.3) is 0 Å². The molecule has 19 heavy (non-hydrogen) atoms. The molecule has 6 atom stereocenters. The van der Waals surface area contributed by atoms with Crippen LogP contribution in [0.1, 0.15) is 13.8 Å². The Morgan fingerprint density at radius 3 is 2.26 bits per heavy atom. The van der Waals surface area contributed by atoms with E-state index in [-0.39, 0.29) is 11.9 Å². The first-order valence-corrected chi connectivity index (χ1v) is 9.31. The summed E-state index contributed by atoms with van der Waals surface area (Å²) in [5, 5.41) is 9.94. The van der Waals surface area contributed by atoms with E-state index in [2.05, 4.69) is 4.31 Å². The normalized spacial score (nSPS) is 36.9. The molecule has 1 heterocycles. The minimum atomic E-state index is -4.91. The first-order chi connectivity index (χ1) is 8.43. The molecular weight excluding hydrogens is 297 g/mol. The lowest BCUT2D eigenvalue weighted by atomic mass is 9.86. The minimum absolute atomic E-state index is 0.116. The number of hydrogen-bond donors (Lipinski definition) is 3. The Labute approximate surface area is 112 Å². The minimum Gasteiger partial charge on any atom is -0.390 e. The third-order valence-corrected chi connectivity index (χ3v) is 5.82. The van der Waals surface area contributed by atoms with Crippen molar-refractivity contribution in [3.63, 3.8) is 0 Å². The summed E-state index contributed by atoms with van der Waals surface area (Å²) in [6.45, 7) is 4.26. The molecule has 0 spiro atoms. The van der Waals surface area contributed by atoms with E-state index >= 15 is 0 Å². The van der Waals surface area contributed by atoms with Crippen molar-refractivity contribution in [2.24, 2.45) is 5.92 Å². The molecule has 0 aliphatic carbocycles. The molecule has 0 radical (unpaired) electrons. The molecule has 112 valence electrons. The molecule has 0 saturated carbocycles. The molecule has 2 unspecified atom stereocenters. The molecule has 11 heteroatoms. The summed E-state index contributed by atoms with van der Waals surface area (Å²) in [7, 11) is -7.06. The third-order valence-electron chi connectivity index (χ3n) is 3.06. The Morgan fingerprint density at radius 2 is 1.89 bits per heavy atom. The Bertz CT molecular complexity index is 412. The van der Waals surface area contributed by atoms with Gasteiger partial charge in [0.1, 0.15) is 14.0 Å². The van der Waals surface area contributed by atoms with Crippen LogP contribution in [0.3, 0.4) is 0 Å². The standard InChI is InChI=1S/C8H19BO8P2/c1-4-6(10)7(15-8(4)9)5(2)16-18(3,11)17-19(12,13)14/h4-8,10H,9H2,1-3H3,(H2,12,13,14)/t4-,5?,6+,7-,8-,18?/m1/s1. The molecule has 1 aliphatic rings. The van der Waals surface area contributed by atoms with Gasteiger partial charge in [0.15, 0.2) is 0 Å². The Hall–Kier alpha value is 0.285. The molecule has 1 rings (SSSR count). The van der Waals surface area contributed by atoms with Crippen LogP contribution in [0, 0.1) is 5.92 Å². The lowest BCUT2D eigenvalue weighted by Crippen LogP contribution is -2.35. The number of phosphoric acid groups is 1. The van der Waals surface area contributed by atoms with Gasteiger partial charge < -0.3 is 24.2 Å². The highest BCUT2D eigenvalue weighted by Gasteiger charge is 2.43. The predicted molar refractivity (Wildman–Crippen MR) is 69.6 cm³/mol. The van der Waals surface area contributed by atoms with Crippen molar-refractivity contribution < 1.29 is 37.6 Å². The van der Waals surface area contributed by atoms with Gasteiger partial charge in [0.05, 0.1) is 12.2 Å². The maximum absolute atomic E-state index is 11.8. The molecule has 3 N–H and O–H groups in total. The first-order valence-electron chi connectivity index (χ1n) is 5.79. The molecule has 1 saturated heterocycles. The maximum Gasteiger partial charge on any atom is 0.476 e. The average molecular weight is 316 g/mol. The van der Waals surface area contributed by atoms with E-state index in [4.69, 9.17) is 19.0 Å². The zero-order valence-electron chi connectivity index (χ0n) is 11.2. The van der Waals surface area contributed by atoms with Gasteiger partial charge in [0.2, 0.25) is 0 Å². The number of rotatable bonds is 5. The molecular formula is C8H19BO8P2. The fourth-order valence-electron chi connectivity index (χ4n) is 1.99. The number of aliphatic hydroxyl groups excluding tert-OH is 1. The van der Waals surface area contributed by atoms with Gasteiger partial charge in [-0.1, -0.05) is 6.92 Å². The van der Waals surface area contributed by atoms with Gasteiger partial charge in [-0.3, -0.25) is 4.57 Å². The molecule has 1 fully saturated rings. The van der Waals surface area contributed by atoms with Crippen LogP contribution < -0.4 is 0 Å². The summed E-state index contributed by atoms with van der Waals surface area (Å²) in [5.74, 6) is -0.116. The second-order valence-corrected chi connectivity index (χ2v) is 8.20. The summed E-state index contributed by atoms with van der Waals surface area (Å²) < 4.78 is 37.1. The van der Waals surface area contributed by atoms with Crippen molar-refractivity contribution in [1.82, 2.24) is 0 Å². The predicted octanol–water partition coefficient (Wildman–Crippen LogP) is -0.321. The van der Waals surface area contributed by atoms with E-state index in [0.717, 1.165) is 6.66 Å². The summed E-state index contributed by atoms with van der Waals surface area (Å²) in [5.41, 5.74) is 0. The first kappa shape index (κ1) is 17.3. The van der Waals surface area contributed by atoms with E-state index in [9.17, 15) is 14.2 Å². The van der Waals surface area contributed by atoms with Crippen LogP contribution in [0.15, 0.2) is 0 Å². The van der Waals surface area contributed by atoms with E-state index in [1.807, 2.05) is 0 Å². The third kappa shape index (κ3) is 4.95. The van der Waals surface area contributed by atoms with E-state index < -0.39 is 33.7 Å². The zero-order chi connectivity index (χ0) is 15.0. The van der Waals surface area contributed by atoms with E-state index in [1.54, 1.807) is 14.8 Å². The largest absolute Gasteiger partial charge is 0.476 e. The SMILES string of the molecule is B[C@@H]1O[C@H](C(C)OP(C)(=O)OP(=O)(O)O)[C@@H](O)[C@H]1C. The maximum atomic E-state index is 11.8. The van der Waals surface area contributed by atoms with Crippen molar-refractivity contribution in [2.45, 2.75) is 38.2 Å². The molecule has 0 aromatic carbocycles. The van der Waals surface area contributed by atoms with Crippen LogP contribution >= 0.6 is 15.4 Å². The number of aliphatic hydroxyl groups is 1. The molecule has 0 aromatic rings. The highest BCUT2D eigenvalue weighted by atomic mass is 31.3. The van der Waals surface area contributed by atoms with Crippen molar-refractivity contribution in [2.75, 3.05) is 6.66 Å². The summed E-state index contributed by atoms with van der Waals surface area (Å²) in [4.78, 5) is 17.2. The van der Waals surface area contributed by atoms with E-state index in [1.165, 1.54) is 6.92 Å². The van der Waals surface area contributed by atoms with Crippen LogP contribution in [0.2, 0.25) is 0 Å². The molecule has 0 bridgehead atoms. The highest BCUT2D eigenvalue weighted by molar-refractivity contribution is 7.63. The van der Waals surface area contributed by atoms with Crippen LogP contribution in [-0.2, 0) is 22.7 Å². The van der Waals surface area contributed by atoms with Crippen molar-refractivity contribution >= 4 is 23.3 Å². The Kier molecular flexibility index (Phi) is 5.43. The van der Waals surface area contributed by atoms with Gasteiger partial charge in [-0.05, 0) is 6.92 Å². The van der Waals surface area contributed by atoms with Gasteiger partial charge >= 0.3 is 15.4 Å². The van der Waals surface area contributed by atoms with Gasteiger partial charge in [0, 0.05) is 18.6 Å². The quantitative estimate of drug-likeness (QED) is 0.466. The number of hydrogen-bond acceptors (Lipinski definition) is 6. The molecule has 1 aliphatic heterocycles. The van der Waals surface area contributed by atoms with Crippen LogP contribution in [0.4, 0.5) is 0 Å².